The van der Waals surface area contributed by atoms with E-state index < -0.39 is 17.8 Å². The second-order valence-corrected chi connectivity index (χ2v) is 6.38. The van der Waals surface area contributed by atoms with Crippen molar-refractivity contribution < 1.29 is 19.1 Å². The maximum absolute atomic E-state index is 12.8. The van der Waals surface area contributed by atoms with Crippen molar-refractivity contribution in [3.05, 3.63) is 63.6 Å². The van der Waals surface area contributed by atoms with E-state index in [2.05, 4.69) is 5.32 Å². The van der Waals surface area contributed by atoms with Crippen LogP contribution in [0.1, 0.15) is 12.5 Å². The molecule has 0 radical (unpaired) electrons. The molecule has 1 saturated heterocycles. The summed E-state index contributed by atoms with van der Waals surface area (Å²) in [4.78, 5) is 38.1. The first kappa shape index (κ1) is 18.9. The quantitative estimate of drug-likeness (QED) is 0.615. The van der Waals surface area contributed by atoms with E-state index in [0.29, 0.717) is 17.9 Å². The van der Waals surface area contributed by atoms with Crippen molar-refractivity contribution in [2.75, 3.05) is 11.5 Å². The lowest BCUT2D eigenvalue weighted by atomic mass is 10.1. The van der Waals surface area contributed by atoms with Crippen LogP contribution in [-0.2, 0) is 9.59 Å². The van der Waals surface area contributed by atoms with Crippen LogP contribution < -0.4 is 15.0 Å². The van der Waals surface area contributed by atoms with Gasteiger partial charge in [-0.3, -0.25) is 14.9 Å². The highest BCUT2D eigenvalue weighted by Crippen LogP contribution is 2.29. The number of barbiturate groups is 1. The normalized spacial score (nSPS) is 15.9. The van der Waals surface area contributed by atoms with Crippen molar-refractivity contribution in [1.29, 1.82) is 0 Å². The summed E-state index contributed by atoms with van der Waals surface area (Å²) >= 11 is 11.9. The zero-order valence-electron chi connectivity index (χ0n) is 14.2. The minimum absolute atomic E-state index is 0.182. The van der Waals surface area contributed by atoms with Gasteiger partial charge in [-0.25, -0.2) is 9.69 Å². The number of amides is 4. The molecular formula is C19H14Cl2N2O4. The molecule has 1 heterocycles. The lowest BCUT2D eigenvalue weighted by Gasteiger charge is -2.26. The molecule has 0 aromatic heterocycles. The van der Waals surface area contributed by atoms with E-state index in [1.165, 1.54) is 24.3 Å². The van der Waals surface area contributed by atoms with Crippen LogP contribution in [-0.4, -0.2) is 24.5 Å². The van der Waals surface area contributed by atoms with E-state index in [0.717, 1.165) is 4.90 Å². The molecule has 0 bridgehead atoms. The van der Waals surface area contributed by atoms with Crippen LogP contribution in [0, 0.1) is 0 Å². The lowest BCUT2D eigenvalue weighted by molar-refractivity contribution is -0.122. The molecule has 1 aliphatic heterocycles. The molecule has 0 unspecified atom stereocenters. The summed E-state index contributed by atoms with van der Waals surface area (Å²) in [5.74, 6) is -0.931. The number of urea groups is 1. The number of nitrogens with zero attached hydrogens (tertiary/aromatic N) is 1. The number of nitrogens with one attached hydrogen (secondary N) is 1. The van der Waals surface area contributed by atoms with Gasteiger partial charge < -0.3 is 4.74 Å². The SMILES string of the molecule is CCOc1cccc(/C=C2\C(=O)NC(=O)N(c3ccc(Cl)c(Cl)c3)C2=O)c1. The number of benzene rings is 2. The molecule has 0 spiro atoms. The summed E-state index contributed by atoms with van der Waals surface area (Å²) in [6.07, 6.45) is 1.40. The van der Waals surface area contributed by atoms with Gasteiger partial charge in [0, 0.05) is 0 Å². The van der Waals surface area contributed by atoms with E-state index in [4.69, 9.17) is 27.9 Å². The predicted octanol–water partition coefficient (Wildman–Crippen LogP) is 4.06. The Morgan fingerprint density at radius 3 is 2.56 bits per heavy atom. The van der Waals surface area contributed by atoms with Gasteiger partial charge in [0.25, 0.3) is 11.8 Å². The number of hydrogen-bond donors (Lipinski definition) is 1. The van der Waals surface area contributed by atoms with E-state index >= 15 is 0 Å². The number of carbonyl (C=O) groups is 3. The Kier molecular flexibility index (Phi) is 5.48. The Bertz CT molecular complexity index is 972. The van der Waals surface area contributed by atoms with Gasteiger partial charge in [-0.15, -0.1) is 0 Å². The molecule has 1 N–H and O–H groups in total. The molecule has 27 heavy (non-hydrogen) atoms. The Morgan fingerprint density at radius 1 is 1.07 bits per heavy atom. The number of rotatable bonds is 4. The molecule has 0 saturated carbocycles. The summed E-state index contributed by atoms with van der Waals surface area (Å²) < 4.78 is 5.41. The minimum atomic E-state index is -0.858. The summed E-state index contributed by atoms with van der Waals surface area (Å²) in [6, 6.07) is 10.4. The molecular weight excluding hydrogens is 391 g/mol. The fourth-order valence-corrected chi connectivity index (χ4v) is 2.84. The first-order chi connectivity index (χ1) is 12.9. The van der Waals surface area contributed by atoms with Crippen molar-refractivity contribution in [3.8, 4) is 5.75 Å². The zero-order valence-corrected chi connectivity index (χ0v) is 15.7. The number of halogens is 2. The van der Waals surface area contributed by atoms with Crippen LogP contribution >= 0.6 is 23.2 Å². The summed E-state index contributed by atoms with van der Waals surface area (Å²) in [5, 5.41) is 2.62. The van der Waals surface area contributed by atoms with Crippen LogP contribution in [0.25, 0.3) is 6.08 Å². The molecule has 6 nitrogen and oxygen atoms in total. The number of hydrogen-bond acceptors (Lipinski definition) is 4. The monoisotopic (exact) mass is 404 g/mol. The van der Waals surface area contributed by atoms with Crippen molar-refractivity contribution in [2.45, 2.75) is 6.92 Å². The fourth-order valence-electron chi connectivity index (χ4n) is 2.54. The predicted molar refractivity (Wildman–Crippen MR) is 103 cm³/mol. The van der Waals surface area contributed by atoms with Crippen molar-refractivity contribution in [1.82, 2.24) is 5.32 Å². The topological polar surface area (TPSA) is 75.7 Å². The Labute approximate surface area is 165 Å². The smallest absolute Gasteiger partial charge is 0.335 e. The molecule has 0 aliphatic carbocycles. The largest absolute Gasteiger partial charge is 0.494 e. The molecule has 2 aromatic rings. The number of ether oxygens (including phenoxy) is 1. The van der Waals surface area contributed by atoms with Crippen molar-refractivity contribution in [2.24, 2.45) is 0 Å². The van der Waals surface area contributed by atoms with Crippen molar-refractivity contribution in [3.63, 3.8) is 0 Å². The van der Waals surface area contributed by atoms with Gasteiger partial charge in [-0.1, -0.05) is 35.3 Å². The Morgan fingerprint density at radius 2 is 1.85 bits per heavy atom. The minimum Gasteiger partial charge on any atom is -0.494 e. The standard InChI is InChI=1S/C19H14Cl2N2O4/c1-2-27-13-5-3-4-11(8-13)9-14-17(24)22-19(26)23(18(14)25)12-6-7-15(20)16(21)10-12/h3-10H,2H2,1H3,(H,22,24,26)/b14-9+. The molecule has 138 valence electrons. The van der Waals surface area contributed by atoms with Crippen LogP contribution in [0.3, 0.4) is 0 Å². The van der Waals surface area contributed by atoms with Gasteiger partial charge in [-0.2, -0.15) is 0 Å². The number of carbonyl (C=O) groups excluding carboxylic acids is 3. The van der Waals surface area contributed by atoms with Crippen LogP contribution in [0.2, 0.25) is 10.0 Å². The Hall–Kier alpha value is -2.83. The van der Waals surface area contributed by atoms with Gasteiger partial charge in [-0.05, 0) is 48.9 Å². The Balaban J connectivity index is 1.99. The second kappa shape index (κ2) is 7.82. The highest BCUT2D eigenvalue weighted by Gasteiger charge is 2.37. The highest BCUT2D eigenvalue weighted by molar-refractivity contribution is 6.43. The van der Waals surface area contributed by atoms with Crippen LogP contribution in [0.4, 0.5) is 10.5 Å². The molecule has 3 rings (SSSR count). The van der Waals surface area contributed by atoms with Gasteiger partial charge in [0.2, 0.25) is 0 Å². The van der Waals surface area contributed by atoms with E-state index in [-0.39, 0.29) is 21.3 Å². The third-order valence-corrected chi connectivity index (χ3v) is 4.48. The first-order valence-corrected chi connectivity index (χ1v) is 8.75. The fraction of sp³-hybridized carbons (Fsp3) is 0.105. The first-order valence-electron chi connectivity index (χ1n) is 8.00. The average Bonchev–Trinajstić information content (AvgIpc) is 2.62. The molecule has 2 aromatic carbocycles. The maximum atomic E-state index is 12.8. The second-order valence-electron chi connectivity index (χ2n) is 5.56. The zero-order chi connectivity index (χ0) is 19.6. The molecule has 4 amide bonds. The van der Waals surface area contributed by atoms with E-state index in [9.17, 15) is 14.4 Å². The van der Waals surface area contributed by atoms with E-state index in [1.54, 1.807) is 24.3 Å². The number of anilines is 1. The van der Waals surface area contributed by atoms with Crippen LogP contribution in [0.15, 0.2) is 48.0 Å². The van der Waals surface area contributed by atoms with Gasteiger partial charge in [0.15, 0.2) is 0 Å². The highest BCUT2D eigenvalue weighted by atomic mass is 35.5. The average molecular weight is 405 g/mol. The molecule has 8 heteroatoms. The summed E-state index contributed by atoms with van der Waals surface area (Å²) in [5.41, 5.74) is 0.602. The molecule has 1 aliphatic rings. The lowest BCUT2D eigenvalue weighted by Crippen LogP contribution is -2.54. The third kappa shape index (κ3) is 3.97. The maximum Gasteiger partial charge on any atom is 0.335 e. The van der Waals surface area contributed by atoms with Gasteiger partial charge in [0.05, 0.1) is 22.3 Å². The molecule has 1 fully saturated rings. The van der Waals surface area contributed by atoms with Gasteiger partial charge in [0.1, 0.15) is 11.3 Å². The van der Waals surface area contributed by atoms with Gasteiger partial charge >= 0.3 is 6.03 Å². The summed E-state index contributed by atoms with van der Waals surface area (Å²) in [7, 11) is 0. The van der Waals surface area contributed by atoms with Crippen LogP contribution in [0.5, 0.6) is 5.75 Å². The number of imide groups is 2. The third-order valence-electron chi connectivity index (χ3n) is 3.74. The molecule has 0 atom stereocenters. The van der Waals surface area contributed by atoms with E-state index in [1.807, 2.05) is 6.92 Å². The summed E-state index contributed by atoms with van der Waals surface area (Å²) in [6.45, 7) is 2.34. The van der Waals surface area contributed by atoms with Crippen molar-refractivity contribution >= 4 is 52.8 Å².